The van der Waals surface area contributed by atoms with Gasteiger partial charge in [-0.1, -0.05) is 0 Å². The predicted molar refractivity (Wildman–Crippen MR) is 75.9 cm³/mol. The number of rotatable bonds is 5. The molecule has 1 rings (SSSR count). The molecule has 1 aromatic carbocycles. The van der Waals surface area contributed by atoms with Gasteiger partial charge in [-0.3, -0.25) is 4.79 Å². The first-order valence-corrected chi connectivity index (χ1v) is 7.90. The number of likely N-dealkylation sites (N-methyl/N-ethyl adjacent to an activating group) is 1. The molecule has 0 bridgehead atoms. The van der Waals surface area contributed by atoms with E-state index in [2.05, 4.69) is 5.32 Å². The van der Waals surface area contributed by atoms with Gasteiger partial charge in [0.25, 0.3) is 0 Å². The highest BCUT2D eigenvalue weighted by molar-refractivity contribution is 7.90. The molecule has 0 atom stereocenters. The minimum atomic E-state index is -3.18. The quantitative estimate of drug-likeness (QED) is 0.887. The lowest BCUT2D eigenvalue weighted by atomic mass is 10.3. The van der Waals surface area contributed by atoms with Crippen LogP contribution in [-0.2, 0) is 14.6 Å². The van der Waals surface area contributed by atoms with Crippen molar-refractivity contribution in [1.29, 1.82) is 0 Å². The van der Waals surface area contributed by atoms with Crippen molar-refractivity contribution >= 4 is 21.4 Å². The Morgan fingerprint density at radius 2 is 1.79 bits per heavy atom. The van der Waals surface area contributed by atoms with E-state index >= 15 is 0 Å². The van der Waals surface area contributed by atoms with Crippen LogP contribution in [0.4, 0.5) is 5.69 Å². The Labute approximate surface area is 114 Å². The molecule has 0 radical (unpaired) electrons. The summed E-state index contributed by atoms with van der Waals surface area (Å²) in [5.41, 5.74) is 0.720. The van der Waals surface area contributed by atoms with Crippen LogP contribution in [0.1, 0.15) is 13.8 Å². The van der Waals surface area contributed by atoms with Gasteiger partial charge in [-0.15, -0.1) is 0 Å². The second kappa shape index (κ2) is 6.06. The van der Waals surface area contributed by atoms with E-state index in [1.165, 1.54) is 12.1 Å². The third-order valence-corrected chi connectivity index (χ3v) is 4.02. The van der Waals surface area contributed by atoms with E-state index in [9.17, 15) is 13.2 Å². The molecule has 0 aliphatic heterocycles. The van der Waals surface area contributed by atoms with Gasteiger partial charge in [0.05, 0.1) is 11.4 Å². The monoisotopic (exact) mass is 284 g/mol. The molecule has 1 aromatic rings. The number of carbonyl (C=O) groups excluding carboxylic acids is 1. The zero-order chi connectivity index (χ0) is 14.6. The van der Waals surface area contributed by atoms with Gasteiger partial charge in [0.2, 0.25) is 5.91 Å². The van der Waals surface area contributed by atoms with Gasteiger partial charge >= 0.3 is 0 Å². The standard InChI is InChI=1S/C13H20N2O3S/c1-10(2)15(3)13(16)9-14-11-5-7-12(8-6-11)19(4,17)18/h5-8,10,14H,9H2,1-4H3. The van der Waals surface area contributed by atoms with Crippen LogP contribution >= 0.6 is 0 Å². The van der Waals surface area contributed by atoms with Gasteiger partial charge in [0, 0.05) is 25.0 Å². The van der Waals surface area contributed by atoms with Gasteiger partial charge in [-0.25, -0.2) is 8.42 Å². The number of benzene rings is 1. The minimum Gasteiger partial charge on any atom is -0.376 e. The highest BCUT2D eigenvalue weighted by Crippen LogP contribution is 2.13. The molecule has 0 saturated heterocycles. The number of amides is 1. The van der Waals surface area contributed by atoms with Crippen LogP contribution in [0.5, 0.6) is 0 Å². The average molecular weight is 284 g/mol. The van der Waals surface area contributed by atoms with E-state index in [1.807, 2.05) is 13.8 Å². The summed E-state index contributed by atoms with van der Waals surface area (Å²) in [6, 6.07) is 6.50. The minimum absolute atomic E-state index is 0.0119. The molecule has 0 aromatic heterocycles. The maximum Gasteiger partial charge on any atom is 0.241 e. The highest BCUT2D eigenvalue weighted by atomic mass is 32.2. The fraction of sp³-hybridized carbons (Fsp3) is 0.462. The zero-order valence-electron chi connectivity index (χ0n) is 11.7. The van der Waals surface area contributed by atoms with Gasteiger partial charge in [-0.05, 0) is 38.1 Å². The largest absolute Gasteiger partial charge is 0.376 e. The molecule has 1 N–H and O–H groups in total. The Balaban J connectivity index is 2.63. The molecule has 6 heteroatoms. The fourth-order valence-corrected chi connectivity index (χ4v) is 2.04. The number of nitrogens with one attached hydrogen (secondary N) is 1. The number of carbonyl (C=O) groups is 1. The number of hydrogen-bond donors (Lipinski definition) is 1. The van der Waals surface area contributed by atoms with Crippen LogP contribution < -0.4 is 5.32 Å². The molecule has 0 aliphatic carbocycles. The Kier molecular flexibility index (Phi) is 4.94. The molecule has 106 valence electrons. The number of hydrogen-bond acceptors (Lipinski definition) is 4. The summed E-state index contributed by atoms with van der Waals surface area (Å²) in [6.45, 7) is 4.07. The highest BCUT2D eigenvalue weighted by Gasteiger charge is 2.11. The van der Waals surface area contributed by atoms with Gasteiger partial charge in [0.1, 0.15) is 0 Å². The number of nitrogens with zero attached hydrogens (tertiary/aromatic N) is 1. The van der Waals surface area contributed by atoms with Crippen LogP contribution in [-0.4, -0.2) is 45.1 Å². The lowest BCUT2D eigenvalue weighted by Crippen LogP contribution is -2.37. The van der Waals surface area contributed by atoms with Crippen molar-refractivity contribution < 1.29 is 13.2 Å². The lowest BCUT2D eigenvalue weighted by Gasteiger charge is -2.21. The molecule has 0 fully saturated rings. The van der Waals surface area contributed by atoms with Crippen LogP contribution in [0.15, 0.2) is 29.2 Å². The average Bonchev–Trinajstić information content (AvgIpc) is 2.34. The maximum absolute atomic E-state index is 11.8. The van der Waals surface area contributed by atoms with E-state index < -0.39 is 9.84 Å². The van der Waals surface area contributed by atoms with Crippen LogP contribution in [0.3, 0.4) is 0 Å². The summed E-state index contributed by atoms with van der Waals surface area (Å²) >= 11 is 0. The van der Waals surface area contributed by atoms with Crippen molar-refractivity contribution in [2.45, 2.75) is 24.8 Å². The van der Waals surface area contributed by atoms with Crippen molar-refractivity contribution in [3.63, 3.8) is 0 Å². The molecule has 0 spiro atoms. The van der Waals surface area contributed by atoms with Crippen LogP contribution in [0.25, 0.3) is 0 Å². The summed E-state index contributed by atoms with van der Waals surface area (Å²) in [4.78, 5) is 13.7. The second-order valence-electron chi connectivity index (χ2n) is 4.75. The topological polar surface area (TPSA) is 66.5 Å². The lowest BCUT2D eigenvalue weighted by molar-refractivity contribution is -0.129. The molecule has 0 saturated carbocycles. The van der Waals surface area contributed by atoms with E-state index in [0.717, 1.165) is 11.9 Å². The smallest absolute Gasteiger partial charge is 0.241 e. The zero-order valence-corrected chi connectivity index (χ0v) is 12.5. The summed E-state index contributed by atoms with van der Waals surface area (Å²) < 4.78 is 22.6. The first-order chi connectivity index (χ1) is 8.71. The van der Waals surface area contributed by atoms with Gasteiger partial charge in [-0.2, -0.15) is 0 Å². The summed E-state index contributed by atoms with van der Waals surface area (Å²) in [7, 11) is -1.43. The molecule has 0 aliphatic rings. The first kappa shape index (κ1) is 15.5. The molecule has 19 heavy (non-hydrogen) atoms. The Morgan fingerprint density at radius 1 is 1.26 bits per heavy atom. The second-order valence-corrected chi connectivity index (χ2v) is 6.76. The molecular formula is C13H20N2O3S. The van der Waals surface area contributed by atoms with E-state index in [4.69, 9.17) is 0 Å². The molecule has 5 nitrogen and oxygen atoms in total. The third kappa shape index (κ3) is 4.55. The van der Waals surface area contributed by atoms with Crippen molar-refractivity contribution in [2.24, 2.45) is 0 Å². The molecule has 0 heterocycles. The van der Waals surface area contributed by atoms with Crippen molar-refractivity contribution in [2.75, 3.05) is 25.2 Å². The first-order valence-electron chi connectivity index (χ1n) is 6.01. The summed E-state index contributed by atoms with van der Waals surface area (Å²) in [5, 5.41) is 2.97. The van der Waals surface area contributed by atoms with Crippen molar-refractivity contribution in [3.8, 4) is 0 Å². The summed E-state index contributed by atoms with van der Waals surface area (Å²) in [6.07, 6.45) is 1.16. The van der Waals surface area contributed by atoms with E-state index in [-0.39, 0.29) is 23.4 Å². The van der Waals surface area contributed by atoms with E-state index in [1.54, 1.807) is 24.1 Å². The maximum atomic E-state index is 11.8. The molecule has 1 amide bonds. The number of anilines is 1. The predicted octanol–water partition coefficient (Wildman–Crippen LogP) is 1.37. The van der Waals surface area contributed by atoms with Crippen LogP contribution in [0, 0.1) is 0 Å². The Hall–Kier alpha value is -1.56. The molecular weight excluding hydrogens is 264 g/mol. The third-order valence-electron chi connectivity index (χ3n) is 2.89. The number of sulfone groups is 1. The SMILES string of the molecule is CC(C)N(C)C(=O)CNc1ccc(S(C)(=O)=O)cc1. The van der Waals surface area contributed by atoms with Crippen molar-refractivity contribution in [1.82, 2.24) is 4.90 Å². The van der Waals surface area contributed by atoms with E-state index in [0.29, 0.717) is 0 Å². The fourth-order valence-electron chi connectivity index (χ4n) is 1.41. The Bertz CT molecular complexity index is 536. The summed E-state index contributed by atoms with van der Waals surface area (Å²) in [5.74, 6) is -0.0119. The van der Waals surface area contributed by atoms with Gasteiger partial charge in [0.15, 0.2) is 9.84 Å². The van der Waals surface area contributed by atoms with Crippen molar-refractivity contribution in [3.05, 3.63) is 24.3 Å². The van der Waals surface area contributed by atoms with Crippen LogP contribution in [0.2, 0.25) is 0 Å². The molecule has 0 unspecified atom stereocenters. The normalized spacial score (nSPS) is 11.4. The Morgan fingerprint density at radius 3 is 2.21 bits per heavy atom. The van der Waals surface area contributed by atoms with Gasteiger partial charge < -0.3 is 10.2 Å².